The first-order valence-corrected chi connectivity index (χ1v) is 14.7. The van der Waals surface area contributed by atoms with Crippen molar-refractivity contribution >= 4 is 85.7 Å². The lowest BCUT2D eigenvalue weighted by atomic mass is 9.56. The van der Waals surface area contributed by atoms with E-state index in [1.807, 2.05) is 0 Å². The number of fused-ring (bicyclic) bond motifs is 4. The first-order chi connectivity index (χ1) is 19.4. The van der Waals surface area contributed by atoms with Gasteiger partial charge in [-0.15, -0.1) is 23.2 Å². The molecule has 2 aliphatic heterocycles. The minimum atomic E-state index is -2.03. The van der Waals surface area contributed by atoms with E-state index in [2.05, 4.69) is 15.9 Å². The van der Waals surface area contributed by atoms with Gasteiger partial charge in [0.05, 0.1) is 27.9 Å². The SMILES string of the molecule is O=C1C2CC=C3C(CC4(Cl)C(=O)N(CBr)C(=O)C4(Cl)C3c3ccc(O)cc3Cl)C2C(=O)N1c1cccc([N+](=O)[O-])c1. The summed E-state index contributed by atoms with van der Waals surface area (Å²) in [5, 5.41) is 21.4. The van der Waals surface area contributed by atoms with Gasteiger partial charge in [0.2, 0.25) is 11.8 Å². The molecule has 2 aromatic carbocycles. The highest BCUT2D eigenvalue weighted by Crippen LogP contribution is 2.66. The predicted molar refractivity (Wildman–Crippen MR) is 152 cm³/mol. The van der Waals surface area contributed by atoms with Crippen LogP contribution >= 0.6 is 50.7 Å². The summed E-state index contributed by atoms with van der Waals surface area (Å²) in [5.41, 5.74) is 0.461. The molecule has 1 N–H and O–H groups in total. The molecular formula is C27H19BrCl3N3O7. The molecule has 14 heteroatoms. The number of nitro benzene ring substituents is 1. The smallest absolute Gasteiger partial charge is 0.271 e. The molecule has 1 saturated carbocycles. The molecule has 2 heterocycles. The topological polar surface area (TPSA) is 138 Å². The first kappa shape index (κ1) is 28.1. The Morgan fingerprint density at radius 1 is 1.05 bits per heavy atom. The van der Waals surface area contributed by atoms with Crippen molar-refractivity contribution in [3.63, 3.8) is 0 Å². The van der Waals surface area contributed by atoms with E-state index in [1.165, 1.54) is 36.4 Å². The third kappa shape index (κ3) is 3.68. The Balaban J connectivity index is 1.51. The molecule has 3 fully saturated rings. The quantitative estimate of drug-likeness (QED) is 0.121. The minimum Gasteiger partial charge on any atom is -0.508 e. The molecule has 10 nitrogen and oxygen atoms in total. The lowest BCUT2D eigenvalue weighted by molar-refractivity contribution is -0.384. The first-order valence-electron chi connectivity index (χ1n) is 12.5. The molecule has 6 unspecified atom stereocenters. The van der Waals surface area contributed by atoms with Crippen LogP contribution in [0.25, 0.3) is 0 Å². The number of carbonyl (C=O) groups is 4. The lowest BCUT2D eigenvalue weighted by Gasteiger charge is -2.51. The largest absolute Gasteiger partial charge is 0.508 e. The van der Waals surface area contributed by atoms with E-state index in [-0.39, 0.29) is 40.4 Å². The number of non-ortho nitro benzene ring substituents is 1. The van der Waals surface area contributed by atoms with Crippen molar-refractivity contribution < 1.29 is 29.2 Å². The van der Waals surface area contributed by atoms with E-state index in [4.69, 9.17) is 34.8 Å². The van der Waals surface area contributed by atoms with Crippen LogP contribution in [0.2, 0.25) is 5.02 Å². The van der Waals surface area contributed by atoms with E-state index < -0.39 is 62.0 Å². The summed E-state index contributed by atoms with van der Waals surface area (Å²) < 4.78 is 0. The maximum atomic E-state index is 14.0. The number of allylic oxidation sites excluding steroid dienone is 2. The second kappa shape index (κ2) is 9.52. The normalized spacial score (nSPS) is 32.5. The number of benzene rings is 2. The Hall–Kier alpha value is -2.99. The molecular weight excluding hydrogens is 665 g/mol. The van der Waals surface area contributed by atoms with Crippen molar-refractivity contribution in [3.05, 3.63) is 74.8 Å². The van der Waals surface area contributed by atoms with Crippen LogP contribution in [0.4, 0.5) is 11.4 Å². The minimum absolute atomic E-state index is 0.0592. The molecule has 2 aromatic rings. The highest BCUT2D eigenvalue weighted by Gasteiger charge is 2.76. The average molecular weight is 684 g/mol. The zero-order valence-electron chi connectivity index (χ0n) is 20.8. The van der Waals surface area contributed by atoms with Crippen LogP contribution in [0.15, 0.2) is 54.1 Å². The van der Waals surface area contributed by atoms with Crippen molar-refractivity contribution in [2.45, 2.75) is 28.5 Å². The standard InChI is InChI=1S/C27H19BrCl3N3O7/c28-11-32-24(38)26(30)10-18-15(21(27(26,31)25(32)39)16-5-4-14(35)9-19(16)29)6-7-17-20(18)23(37)33(22(17)36)12-2-1-3-13(8-12)34(40)41/h1-6,8-9,17-18,20-21,35H,7,10-11H2. The Labute approximate surface area is 256 Å². The summed E-state index contributed by atoms with van der Waals surface area (Å²) in [5.74, 6) is -6.41. The Bertz CT molecular complexity index is 1620. The number of nitro groups is 1. The zero-order valence-corrected chi connectivity index (χ0v) is 24.7. The number of likely N-dealkylation sites (tertiary alicyclic amines) is 1. The highest BCUT2D eigenvalue weighted by molar-refractivity contribution is 9.09. The molecule has 41 heavy (non-hydrogen) atoms. The number of aromatic hydroxyl groups is 1. The molecule has 0 spiro atoms. The van der Waals surface area contributed by atoms with Crippen LogP contribution in [0, 0.1) is 27.9 Å². The fourth-order valence-electron chi connectivity index (χ4n) is 6.85. The number of rotatable bonds is 4. The monoisotopic (exact) mass is 681 g/mol. The maximum absolute atomic E-state index is 14.0. The second-order valence-electron chi connectivity index (χ2n) is 10.5. The van der Waals surface area contributed by atoms with Crippen molar-refractivity contribution in [2.75, 3.05) is 10.4 Å². The van der Waals surface area contributed by atoms with Crippen LogP contribution in [-0.2, 0) is 19.2 Å². The summed E-state index contributed by atoms with van der Waals surface area (Å²) in [6.45, 7) is 0. The fourth-order valence-corrected chi connectivity index (χ4v) is 8.55. The number of alkyl halides is 3. The molecule has 2 aliphatic carbocycles. The van der Waals surface area contributed by atoms with E-state index >= 15 is 0 Å². The second-order valence-corrected chi connectivity index (χ2v) is 12.6. The number of amides is 4. The van der Waals surface area contributed by atoms with Crippen LogP contribution in [0.1, 0.15) is 24.3 Å². The van der Waals surface area contributed by atoms with Gasteiger partial charge in [-0.1, -0.05) is 51.3 Å². The number of hydrogen-bond acceptors (Lipinski definition) is 7. The summed E-state index contributed by atoms with van der Waals surface area (Å²) in [4.78, 5) is 63.6. The number of imide groups is 2. The van der Waals surface area contributed by atoms with Crippen LogP contribution in [0.5, 0.6) is 5.75 Å². The fraction of sp³-hybridized carbons (Fsp3) is 0.333. The predicted octanol–water partition coefficient (Wildman–Crippen LogP) is 4.87. The summed E-state index contributed by atoms with van der Waals surface area (Å²) in [6, 6.07) is 9.37. The number of phenolic OH excluding ortho intramolecular Hbond substituents is 1. The number of nitrogens with zero attached hydrogens (tertiary/aromatic N) is 3. The number of phenols is 1. The summed E-state index contributed by atoms with van der Waals surface area (Å²) >= 11 is 24.0. The molecule has 6 rings (SSSR count). The molecule has 212 valence electrons. The van der Waals surface area contributed by atoms with Crippen LogP contribution < -0.4 is 4.90 Å². The van der Waals surface area contributed by atoms with Gasteiger partial charge in [-0.3, -0.25) is 34.2 Å². The van der Waals surface area contributed by atoms with Gasteiger partial charge in [-0.25, -0.2) is 4.90 Å². The summed E-state index contributed by atoms with van der Waals surface area (Å²) in [7, 11) is 0. The highest BCUT2D eigenvalue weighted by atomic mass is 79.9. The van der Waals surface area contributed by atoms with E-state index in [0.29, 0.717) is 11.1 Å². The summed E-state index contributed by atoms with van der Waals surface area (Å²) in [6.07, 6.45) is 1.65. The molecule has 4 aliphatic rings. The van der Waals surface area contributed by atoms with Crippen molar-refractivity contribution in [1.82, 2.24) is 4.90 Å². The third-order valence-electron chi connectivity index (χ3n) is 8.61. The van der Waals surface area contributed by atoms with E-state index in [1.54, 1.807) is 6.08 Å². The maximum Gasteiger partial charge on any atom is 0.271 e. The van der Waals surface area contributed by atoms with Gasteiger partial charge >= 0.3 is 0 Å². The van der Waals surface area contributed by atoms with Gasteiger partial charge in [0.15, 0.2) is 9.75 Å². The van der Waals surface area contributed by atoms with Crippen LogP contribution in [0.3, 0.4) is 0 Å². The number of halogens is 4. The third-order valence-corrected chi connectivity index (χ3v) is 10.9. The van der Waals surface area contributed by atoms with Crippen molar-refractivity contribution in [3.8, 4) is 5.75 Å². The molecule has 2 saturated heterocycles. The van der Waals surface area contributed by atoms with Gasteiger partial charge in [-0.2, -0.15) is 0 Å². The molecule has 0 aromatic heterocycles. The Morgan fingerprint density at radius 3 is 2.44 bits per heavy atom. The Kier molecular flexibility index (Phi) is 6.53. The van der Waals surface area contributed by atoms with Gasteiger partial charge in [0.25, 0.3) is 17.5 Å². The molecule has 6 atom stereocenters. The van der Waals surface area contributed by atoms with Crippen molar-refractivity contribution in [1.29, 1.82) is 0 Å². The number of carbonyl (C=O) groups excluding carboxylic acids is 4. The zero-order chi connectivity index (χ0) is 29.6. The van der Waals surface area contributed by atoms with E-state index in [0.717, 1.165) is 15.9 Å². The van der Waals surface area contributed by atoms with Gasteiger partial charge in [0, 0.05) is 23.1 Å². The number of anilines is 1. The Morgan fingerprint density at radius 2 is 1.78 bits per heavy atom. The van der Waals surface area contributed by atoms with Crippen molar-refractivity contribution in [2.24, 2.45) is 17.8 Å². The average Bonchev–Trinajstić information content (AvgIpc) is 3.27. The molecule has 0 radical (unpaired) electrons. The van der Waals surface area contributed by atoms with Gasteiger partial charge < -0.3 is 5.11 Å². The van der Waals surface area contributed by atoms with Crippen LogP contribution in [-0.4, -0.2) is 53.8 Å². The van der Waals surface area contributed by atoms with E-state index in [9.17, 15) is 34.4 Å². The lowest BCUT2D eigenvalue weighted by Crippen LogP contribution is -2.60. The molecule has 4 amide bonds. The van der Waals surface area contributed by atoms with Gasteiger partial charge in [-0.05, 0) is 42.5 Å². The molecule has 0 bridgehead atoms. The van der Waals surface area contributed by atoms with Gasteiger partial charge in [0.1, 0.15) is 5.75 Å². The number of hydrogen-bond donors (Lipinski definition) is 1.